The van der Waals surface area contributed by atoms with Crippen molar-refractivity contribution >= 4 is 24.8 Å². The summed E-state index contributed by atoms with van der Waals surface area (Å²) in [6, 6.07) is 16.4. The number of aryl methyl sites for hydroxylation is 1. The molecule has 0 bridgehead atoms. The van der Waals surface area contributed by atoms with Gasteiger partial charge in [-0.1, -0.05) is 0 Å². The van der Waals surface area contributed by atoms with E-state index in [0.29, 0.717) is 0 Å². The first-order valence-electron chi connectivity index (χ1n) is 4.81. The Morgan fingerprint density at radius 2 is 1.53 bits per heavy atom. The predicted octanol–water partition coefficient (Wildman–Crippen LogP) is 4.35. The quantitative estimate of drug-likeness (QED) is 0.750. The van der Waals surface area contributed by atoms with Gasteiger partial charge >= 0.3 is 102 Å². The van der Waals surface area contributed by atoms with Crippen molar-refractivity contribution in [2.24, 2.45) is 0 Å². The van der Waals surface area contributed by atoms with Crippen LogP contribution >= 0.6 is 24.8 Å². The van der Waals surface area contributed by atoms with Crippen LogP contribution in [0.1, 0.15) is 5.56 Å². The minimum Gasteiger partial charge on any atom is -0.147 e. The molecule has 0 atom stereocenters. The number of hydrogen-bond donors (Lipinski definition) is 0. The molecule has 17 heavy (non-hydrogen) atoms. The zero-order chi connectivity index (χ0) is 10.7. The fraction of sp³-hybridized carbons (Fsp3) is 0.0769. The molecule has 0 heterocycles. The normalized spacial score (nSPS) is 8.71. The van der Waals surface area contributed by atoms with Crippen LogP contribution in [-0.4, -0.2) is 0 Å². The van der Waals surface area contributed by atoms with Crippen molar-refractivity contribution in [1.29, 1.82) is 0 Å². The third-order valence-corrected chi connectivity index (χ3v) is 2.75. The van der Waals surface area contributed by atoms with Gasteiger partial charge < -0.3 is 0 Å². The molecule has 2 aromatic rings. The van der Waals surface area contributed by atoms with E-state index < -0.39 is 0 Å². The molecule has 0 aliphatic rings. The van der Waals surface area contributed by atoms with Crippen molar-refractivity contribution in [3.05, 3.63) is 54.1 Å². The van der Waals surface area contributed by atoms with Crippen molar-refractivity contribution in [2.45, 2.75) is 6.92 Å². The van der Waals surface area contributed by atoms with Crippen LogP contribution in [0.2, 0.25) is 0 Å². The van der Waals surface area contributed by atoms with E-state index in [1.165, 1.54) is 16.7 Å². The molecular formula is C13H13Cl2OTi. The summed E-state index contributed by atoms with van der Waals surface area (Å²) >= 11 is 1.71. The molecule has 89 valence electrons. The minimum atomic E-state index is 0. The molecule has 4 heteroatoms. The summed E-state index contributed by atoms with van der Waals surface area (Å²) in [5, 5.41) is 0. The summed E-state index contributed by atoms with van der Waals surface area (Å²) in [4.78, 5) is 0. The first-order valence-corrected chi connectivity index (χ1v) is 5.45. The van der Waals surface area contributed by atoms with E-state index in [1.54, 1.807) is 20.8 Å². The summed E-state index contributed by atoms with van der Waals surface area (Å²) in [6.45, 7) is 2.10. The molecule has 0 radical (unpaired) electrons. The molecule has 0 saturated heterocycles. The fourth-order valence-electron chi connectivity index (χ4n) is 1.70. The van der Waals surface area contributed by atoms with Gasteiger partial charge in [0.1, 0.15) is 0 Å². The van der Waals surface area contributed by atoms with Crippen LogP contribution in [0.4, 0.5) is 0 Å². The van der Waals surface area contributed by atoms with Gasteiger partial charge in [0, 0.05) is 0 Å². The Bertz CT molecular complexity index is 460. The summed E-state index contributed by atoms with van der Waals surface area (Å²) in [5.74, 6) is 0.932. The summed E-state index contributed by atoms with van der Waals surface area (Å²) < 4.78 is 5.38. The van der Waals surface area contributed by atoms with E-state index in [1.807, 2.05) is 30.3 Å². The molecule has 0 N–H and O–H groups in total. The van der Waals surface area contributed by atoms with Gasteiger partial charge in [-0.05, 0) is 0 Å². The predicted molar refractivity (Wildman–Crippen MR) is 71.7 cm³/mol. The minimum absolute atomic E-state index is 0. The van der Waals surface area contributed by atoms with Gasteiger partial charge in [0.15, 0.2) is 0 Å². The maximum Gasteiger partial charge on any atom is -0.147 e. The summed E-state index contributed by atoms with van der Waals surface area (Å²) in [7, 11) is 0. The number of benzene rings is 2. The molecule has 0 saturated carbocycles. The molecule has 0 aliphatic heterocycles. The van der Waals surface area contributed by atoms with Gasteiger partial charge in [-0.15, -0.1) is 24.8 Å². The van der Waals surface area contributed by atoms with Crippen molar-refractivity contribution in [3.8, 4) is 16.9 Å². The maximum atomic E-state index is 5.38. The van der Waals surface area contributed by atoms with Crippen LogP contribution in [0.15, 0.2) is 48.5 Å². The second-order valence-corrected chi connectivity index (χ2v) is 3.73. The van der Waals surface area contributed by atoms with Crippen molar-refractivity contribution < 1.29 is 24.1 Å². The van der Waals surface area contributed by atoms with Crippen LogP contribution in [-0.2, 0) is 20.8 Å². The van der Waals surface area contributed by atoms with E-state index in [-0.39, 0.29) is 24.8 Å². The van der Waals surface area contributed by atoms with Crippen LogP contribution < -0.4 is 3.32 Å². The van der Waals surface area contributed by atoms with Gasteiger partial charge in [0.25, 0.3) is 0 Å². The molecule has 0 fully saturated rings. The van der Waals surface area contributed by atoms with Crippen LogP contribution in [0.5, 0.6) is 5.75 Å². The van der Waals surface area contributed by atoms with Crippen LogP contribution in [0.25, 0.3) is 11.1 Å². The molecule has 1 nitrogen and oxygen atoms in total. The van der Waals surface area contributed by atoms with E-state index in [4.69, 9.17) is 3.32 Å². The Morgan fingerprint density at radius 3 is 2.12 bits per heavy atom. The maximum absolute atomic E-state index is 5.38. The Balaban J connectivity index is 0.00000128. The zero-order valence-corrected chi connectivity index (χ0v) is 12.5. The third kappa shape index (κ3) is 3.75. The van der Waals surface area contributed by atoms with Gasteiger partial charge in [0.2, 0.25) is 0 Å². The Labute approximate surface area is 126 Å². The summed E-state index contributed by atoms with van der Waals surface area (Å²) in [6.07, 6.45) is 0. The van der Waals surface area contributed by atoms with Gasteiger partial charge in [-0.2, -0.15) is 0 Å². The van der Waals surface area contributed by atoms with Crippen molar-refractivity contribution in [1.82, 2.24) is 0 Å². The second kappa shape index (κ2) is 7.78. The van der Waals surface area contributed by atoms with Crippen molar-refractivity contribution in [3.63, 3.8) is 0 Å². The first kappa shape index (κ1) is 16.5. The molecule has 0 aliphatic carbocycles. The smallest absolute Gasteiger partial charge is 0.147 e. The van der Waals surface area contributed by atoms with E-state index in [9.17, 15) is 0 Å². The molecule has 0 unspecified atom stereocenters. The molecule has 0 spiro atoms. The molecule has 2 aromatic carbocycles. The average molecular weight is 304 g/mol. The third-order valence-electron chi connectivity index (χ3n) is 2.41. The monoisotopic (exact) mass is 303 g/mol. The number of hydrogen-bond acceptors (Lipinski definition) is 1. The van der Waals surface area contributed by atoms with E-state index >= 15 is 0 Å². The molecule has 2 rings (SSSR count). The zero-order valence-electron chi connectivity index (χ0n) is 9.34. The number of halogens is 2. The average Bonchev–Trinajstić information content (AvgIpc) is 2.29. The Morgan fingerprint density at radius 1 is 0.882 bits per heavy atom. The number of rotatable bonds is 2. The van der Waals surface area contributed by atoms with Crippen LogP contribution in [0, 0.1) is 6.92 Å². The molecule has 0 aromatic heterocycles. The molecule has 0 amide bonds. The van der Waals surface area contributed by atoms with Crippen molar-refractivity contribution in [2.75, 3.05) is 0 Å². The topological polar surface area (TPSA) is 9.23 Å². The van der Waals surface area contributed by atoms with E-state index in [2.05, 4.69) is 25.1 Å². The van der Waals surface area contributed by atoms with Crippen LogP contribution in [0.3, 0.4) is 0 Å². The summed E-state index contributed by atoms with van der Waals surface area (Å²) in [5.41, 5.74) is 3.62. The SMILES string of the molecule is Cc1cccc([O][Ti])c1-c1ccccc1.Cl.Cl. The van der Waals surface area contributed by atoms with Gasteiger partial charge in [0.05, 0.1) is 0 Å². The first-order chi connectivity index (χ1) is 7.33. The fourth-order valence-corrected chi connectivity index (χ4v) is 1.97. The molecular weight excluding hydrogens is 291 g/mol. The van der Waals surface area contributed by atoms with E-state index in [0.717, 1.165) is 5.75 Å². The van der Waals surface area contributed by atoms with Gasteiger partial charge in [-0.3, -0.25) is 0 Å². The Hall–Kier alpha value is -0.466. The standard InChI is InChI=1S/C13H12O.2ClH.Ti/c1-10-6-5-9-12(14)13(10)11-7-3-2-4-8-11;;;/h2-9,14H,1H3;2*1H;/q;;;+1/p-1. The second-order valence-electron chi connectivity index (χ2n) is 3.42. The van der Waals surface area contributed by atoms with Gasteiger partial charge in [-0.25, -0.2) is 0 Å². The Kier molecular flexibility index (Phi) is 7.57. The largest absolute Gasteiger partial charge is 0.147 e.